The molecule has 7 heteroatoms. The molecule has 6 nitrogen and oxygen atoms in total. The Morgan fingerprint density at radius 2 is 2.17 bits per heavy atom. The van der Waals surface area contributed by atoms with Gasteiger partial charge in [0.15, 0.2) is 17.5 Å². The van der Waals surface area contributed by atoms with E-state index in [0.29, 0.717) is 27.9 Å². The zero-order valence-electron chi connectivity index (χ0n) is 12.6. The summed E-state index contributed by atoms with van der Waals surface area (Å²) >= 11 is 1.23. The molecule has 2 aromatic rings. The summed E-state index contributed by atoms with van der Waals surface area (Å²) in [6.07, 6.45) is 2.16. The molecule has 0 saturated heterocycles. The number of benzene rings is 1. The molecule has 0 fully saturated rings. The van der Waals surface area contributed by atoms with Gasteiger partial charge in [-0.1, -0.05) is 17.4 Å². The molecule has 120 valence electrons. The Morgan fingerprint density at radius 3 is 2.96 bits per heavy atom. The van der Waals surface area contributed by atoms with Gasteiger partial charge in [0.2, 0.25) is 0 Å². The number of amides is 1. The third-order valence-electron chi connectivity index (χ3n) is 3.43. The first kappa shape index (κ1) is 15.5. The van der Waals surface area contributed by atoms with Crippen LogP contribution in [0.25, 0.3) is 0 Å². The van der Waals surface area contributed by atoms with E-state index < -0.39 is 0 Å². The average Bonchev–Trinajstić information content (AvgIpc) is 2.97. The van der Waals surface area contributed by atoms with Crippen LogP contribution in [0.3, 0.4) is 0 Å². The molecule has 1 aromatic carbocycles. The predicted molar refractivity (Wildman–Crippen MR) is 86.5 cm³/mol. The Kier molecular flexibility index (Phi) is 4.57. The van der Waals surface area contributed by atoms with Crippen molar-refractivity contribution in [2.75, 3.05) is 19.0 Å². The van der Waals surface area contributed by atoms with Crippen LogP contribution >= 0.6 is 11.3 Å². The zero-order chi connectivity index (χ0) is 16.2. The summed E-state index contributed by atoms with van der Waals surface area (Å²) in [6, 6.07) is 7.03. The molecular weight excluding hydrogens is 316 g/mol. The van der Waals surface area contributed by atoms with Crippen LogP contribution in [0.2, 0.25) is 0 Å². The number of anilines is 1. The van der Waals surface area contributed by atoms with Gasteiger partial charge in [-0.3, -0.25) is 14.9 Å². The lowest BCUT2D eigenvalue weighted by Gasteiger charge is -2.07. The Labute approximate surface area is 137 Å². The smallest absolute Gasteiger partial charge is 0.264 e. The predicted octanol–water partition coefficient (Wildman–Crippen LogP) is 2.69. The van der Waals surface area contributed by atoms with Crippen molar-refractivity contribution >= 4 is 28.2 Å². The first-order chi connectivity index (χ1) is 11.2. The molecule has 0 radical (unpaired) electrons. The number of ketones is 1. The highest BCUT2D eigenvalue weighted by atomic mass is 32.1. The van der Waals surface area contributed by atoms with Gasteiger partial charge >= 0.3 is 0 Å². The van der Waals surface area contributed by atoms with Gasteiger partial charge in [-0.25, -0.2) is 4.98 Å². The summed E-state index contributed by atoms with van der Waals surface area (Å²) in [5.74, 6) is 1.00. The SMILES string of the molecule is COc1cccc(OCC(=O)Nc2nc3c(s2)C(=O)CCC3)c1. The summed E-state index contributed by atoms with van der Waals surface area (Å²) in [6.45, 7) is -0.134. The fourth-order valence-electron chi connectivity index (χ4n) is 2.32. The molecule has 0 saturated carbocycles. The maximum atomic E-state index is 11.9. The van der Waals surface area contributed by atoms with Crippen molar-refractivity contribution in [2.24, 2.45) is 0 Å². The van der Waals surface area contributed by atoms with Crippen LogP contribution < -0.4 is 14.8 Å². The lowest BCUT2D eigenvalue weighted by Crippen LogP contribution is -2.20. The summed E-state index contributed by atoms with van der Waals surface area (Å²) < 4.78 is 10.5. The van der Waals surface area contributed by atoms with Crippen molar-refractivity contribution in [1.82, 2.24) is 4.98 Å². The van der Waals surface area contributed by atoms with E-state index in [1.165, 1.54) is 11.3 Å². The maximum absolute atomic E-state index is 11.9. The number of nitrogens with one attached hydrogen (secondary N) is 1. The van der Waals surface area contributed by atoms with Crippen molar-refractivity contribution < 1.29 is 19.1 Å². The van der Waals surface area contributed by atoms with Crippen LogP contribution in [0.5, 0.6) is 11.5 Å². The minimum absolute atomic E-state index is 0.108. The summed E-state index contributed by atoms with van der Waals surface area (Å²) in [4.78, 5) is 28.7. The Bertz CT molecular complexity index is 741. The number of hydrogen-bond acceptors (Lipinski definition) is 6. The summed E-state index contributed by atoms with van der Waals surface area (Å²) in [5, 5.41) is 3.13. The highest BCUT2D eigenvalue weighted by Crippen LogP contribution is 2.29. The van der Waals surface area contributed by atoms with Crippen LogP contribution in [0, 0.1) is 0 Å². The Hall–Kier alpha value is -2.41. The van der Waals surface area contributed by atoms with Crippen molar-refractivity contribution in [2.45, 2.75) is 19.3 Å². The summed E-state index contributed by atoms with van der Waals surface area (Å²) in [5.41, 5.74) is 0.787. The van der Waals surface area contributed by atoms with Gasteiger partial charge < -0.3 is 9.47 Å². The molecule has 0 aliphatic heterocycles. The van der Waals surface area contributed by atoms with E-state index in [4.69, 9.17) is 9.47 Å². The number of methoxy groups -OCH3 is 1. The third kappa shape index (κ3) is 3.68. The van der Waals surface area contributed by atoms with E-state index in [1.807, 2.05) is 0 Å². The molecule has 23 heavy (non-hydrogen) atoms. The van der Waals surface area contributed by atoms with Crippen LogP contribution in [0.1, 0.15) is 28.2 Å². The minimum Gasteiger partial charge on any atom is -0.497 e. The topological polar surface area (TPSA) is 77.5 Å². The molecule has 1 aliphatic carbocycles. The highest BCUT2D eigenvalue weighted by molar-refractivity contribution is 7.17. The van der Waals surface area contributed by atoms with Crippen LogP contribution in [0.4, 0.5) is 5.13 Å². The maximum Gasteiger partial charge on any atom is 0.264 e. The third-order valence-corrected chi connectivity index (χ3v) is 4.48. The van der Waals surface area contributed by atoms with Gasteiger partial charge in [0.25, 0.3) is 5.91 Å². The quantitative estimate of drug-likeness (QED) is 0.911. The van der Waals surface area contributed by atoms with E-state index in [2.05, 4.69) is 10.3 Å². The molecule has 1 aromatic heterocycles. The second-order valence-electron chi connectivity index (χ2n) is 5.09. The summed E-state index contributed by atoms with van der Waals surface area (Å²) in [7, 11) is 1.57. The number of hydrogen-bond donors (Lipinski definition) is 1. The first-order valence-corrected chi connectivity index (χ1v) is 8.07. The number of fused-ring (bicyclic) bond motifs is 1. The molecule has 0 spiro atoms. The van der Waals surface area contributed by atoms with Crippen molar-refractivity contribution in [1.29, 1.82) is 0 Å². The van der Waals surface area contributed by atoms with E-state index >= 15 is 0 Å². The molecule has 1 aliphatic rings. The number of Topliss-reactive ketones (excluding diaryl/α,β-unsaturated/α-hetero) is 1. The van der Waals surface area contributed by atoms with Gasteiger partial charge in [0.05, 0.1) is 17.7 Å². The molecule has 1 amide bonds. The van der Waals surface area contributed by atoms with E-state index in [0.717, 1.165) is 18.5 Å². The number of carbonyl (C=O) groups excluding carboxylic acids is 2. The van der Waals surface area contributed by atoms with Gasteiger partial charge in [-0.15, -0.1) is 0 Å². The number of aryl methyl sites for hydroxylation is 1. The first-order valence-electron chi connectivity index (χ1n) is 7.25. The number of ether oxygens (including phenoxy) is 2. The number of thiazole rings is 1. The van der Waals surface area contributed by atoms with Gasteiger partial charge in [-0.2, -0.15) is 0 Å². The van der Waals surface area contributed by atoms with Gasteiger partial charge in [-0.05, 0) is 25.0 Å². The average molecular weight is 332 g/mol. The molecule has 3 rings (SSSR count). The molecule has 0 bridgehead atoms. The minimum atomic E-state index is -0.314. The number of carbonyl (C=O) groups is 2. The standard InChI is InChI=1S/C16H16N2O4S/c1-21-10-4-2-5-11(8-10)22-9-14(20)18-16-17-12-6-3-7-13(19)15(12)23-16/h2,4-5,8H,3,6-7,9H2,1H3,(H,17,18,20). The second kappa shape index (κ2) is 6.78. The molecule has 0 unspecified atom stereocenters. The van der Waals surface area contributed by atoms with E-state index in [-0.39, 0.29) is 18.3 Å². The number of rotatable bonds is 5. The van der Waals surface area contributed by atoms with Crippen molar-refractivity contribution in [3.8, 4) is 11.5 Å². The van der Waals surface area contributed by atoms with Gasteiger partial charge in [0.1, 0.15) is 11.5 Å². The fourth-order valence-corrected chi connectivity index (χ4v) is 3.31. The van der Waals surface area contributed by atoms with Crippen LogP contribution in [-0.2, 0) is 11.2 Å². The number of nitrogens with zero attached hydrogens (tertiary/aromatic N) is 1. The van der Waals surface area contributed by atoms with E-state index in [9.17, 15) is 9.59 Å². The largest absolute Gasteiger partial charge is 0.497 e. The Balaban J connectivity index is 1.58. The molecule has 0 atom stereocenters. The lowest BCUT2D eigenvalue weighted by molar-refractivity contribution is -0.118. The van der Waals surface area contributed by atoms with Crippen molar-refractivity contribution in [3.63, 3.8) is 0 Å². The zero-order valence-corrected chi connectivity index (χ0v) is 13.4. The van der Waals surface area contributed by atoms with Crippen LogP contribution in [0.15, 0.2) is 24.3 Å². The molecular formula is C16H16N2O4S. The Morgan fingerprint density at radius 1 is 1.35 bits per heavy atom. The second-order valence-corrected chi connectivity index (χ2v) is 6.09. The molecule has 1 heterocycles. The highest BCUT2D eigenvalue weighted by Gasteiger charge is 2.22. The molecule has 1 N–H and O–H groups in total. The van der Waals surface area contributed by atoms with E-state index in [1.54, 1.807) is 31.4 Å². The monoisotopic (exact) mass is 332 g/mol. The van der Waals surface area contributed by atoms with Crippen molar-refractivity contribution in [3.05, 3.63) is 34.8 Å². The van der Waals surface area contributed by atoms with Gasteiger partial charge in [0, 0.05) is 12.5 Å². The van der Waals surface area contributed by atoms with Crippen LogP contribution in [-0.4, -0.2) is 30.4 Å². The fraction of sp³-hybridized carbons (Fsp3) is 0.312. The normalized spacial score (nSPS) is 13.3. The lowest BCUT2D eigenvalue weighted by atomic mass is 10.0. The number of aromatic nitrogens is 1.